The van der Waals surface area contributed by atoms with Crippen LogP contribution in [0.15, 0.2) is 41.1 Å². The van der Waals surface area contributed by atoms with E-state index >= 15 is 0 Å². The highest BCUT2D eigenvalue weighted by Crippen LogP contribution is 2.52. The van der Waals surface area contributed by atoms with Crippen LogP contribution in [0.4, 0.5) is 10.1 Å². The number of amides is 1. The Morgan fingerprint density at radius 3 is 2.79 bits per heavy atom. The maximum atomic E-state index is 14.0. The van der Waals surface area contributed by atoms with Crippen molar-refractivity contribution < 1.29 is 14.1 Å². The summed E-state index contributed by atoms with van der Waals surface area (Å²) in [7, 11) is 0. The lowest BCUT2D eigenvalue weighted by Gasteiger charge is -2.45. The Kier molecular flexibility index (Phi) is 3.46. The zero-order valence-electron chi connectivity index (χ0n) is 15.2. The van der Waals surface area contributed by atoms with Gasteiger partial charge in [0.05, 0.1) is 4.92 Å². The van der Waals surface area contributed by atoms with Crippen molar-refractivity contribution in [1.82, 2.24) is 10.2 Å². The Morgan fingerprint density at radius 2 is 2.14 bits per heavy atom. The standard InChI is InChI=1S/C18H17FN6O3/c1-17(2)7-22-15-13(25(27)28)18(11(6-20)14(21)24(15)8-17)10-5-9(19)3-4-12(10)23-16(18)26/h3-5,22H,7-8,21H2,1-2H3,(H,23,26). The molecule has 0 aliphatic carbocycles. The largest absolute Gasteiger partial charge is 0.384 e. The molecule has 1 fully saturated rings. The summed E-state index contributed by atoms with van der Waals surface area (Å²) in [4.78, 5) is 26.0. The third kappa shape index (κ3) is 2.07. The summed E-state index contributed by atoms with van der Waals surface area (Å²) in [6, 6.07) is 5.36. The van der Waals surface area contributed by atoms with Gasteiger partial charge in [-0.3, -0.25) is 14.9 Å². The van der Waals surface area contributed by atoms with Gasteiger partial charge in [-0.2, -0.15) is 5.26 Å². The van der Waals surface area contributed by atoms with E-state index in [-0.39, 0.29) is 33.9 Å². The number of carbonyl (C=O) groups is 1. The van der Waals surface area contributed by atoms with Crippen LogP contribution in [-0.4, -0.2) is 28.8 Å². The van der Waals surface area contributed by atoms with Gasteiger partial charge < -0.3 is 21.3 Å². The normalized spacial score (nSPS) is 25.1. The fourth-order valence-corrected chi connectivity index (χ4v) is 4.14. The minimum Gasteiger partial charge on any atom is -0.384 e. The molecule has 1 atom stereocenters. The first-order valence-electron chi connectivity index (χ1n) is 8.56. The zero-order valence-corrected chi connectivity index (χ0v) is 15.2. The number of benzene rings is 1. The molecule has 1 amide bonds. The molecular formula is C18H17FN6O3. The molecule has 3 aliphatic heterocycles. The van der Waals surface area contributed by atoms with E-state index in [2.05, 4.69) is 10.6 Å². The van der Waals surface area contributed by atoms with Crippen molar-refractivity contribution in [2.75, 3.05) is 18.4 Å². The van der Waals surface area contributed by atoms with Crippen LogP contribution < -0.4 is 16.4 Å². The molecule has 0 bridgehead atoms. The summed E-state index contributed by atoms with van der Waals surface area (Å²) in [6.07, 6.45) is 0. The number of nitrogens with zero attached hydrogens (tertiary/aromatic N) is 3. The van der Waals surface area contributed by atoms with E-state index in [0.717, 1.165) is 12.1 Å². The van der Waals surface area contributed by atoms with Crippen molar-refractivity contribution in [1.29, 1.82) is 5.26 Å². The molecule has 4 rings (SSSR count). The molecule has 10 heteroatoms. The summed E-state index contributed by atoms with van der Waals surface area (Å²) in [5.74, 6) is -1.50. The average Bonchev–Trinajstić information content (AvgIpc) is 2.88. The molecule has 3 aliphatic rings. The molecule has 9 nitrogen and oxygen atoms in total. The lowest BCUT2D eigenvalue weighted by atomic mass is 9.70. The highest BCUT2D eigenvalue weighted by atomic mass is 19.1. The van der Waals surface area contributed by atoms with Crippen molar-refractivity contribution >= 4 is 11.6 Å². The highest BCUT2D eigenvalue weighted by Gasteiger charge is 2.65. The van der Waals surface area contributed by atoms with Gasteiger partial charge in [-0.1, -0.05) is 13.8 Å². The predicted molar refractivity (Wildman–Crippen MR) is 96.0 cm³/mol. The van der Waals surface area contributed by atoms with Crippen LogP contribution in [0.25, 0.3) is 0 Å². The molecule has 1 unspecified atom stereocenters. The molecule has 4 N–H and O–H groups in total. The smallest absolute Gasteiger partial charge is 0.311 e. The number of hydrogen-bond donors (Lipinski definition) is 3. The Morgan fingerprint density at radius 1 is 1.43 bits per heavy atom. The molecular weight excluding hydrogens is 367 g/mol. The molecule has 1 aromatic rings. The first-order chi connectivity index (χ1) is 13.1. The van der Waals surface area contributed by atoms with E-state index < -0.39 is 27.8 Å². The van der Waals surface area contributed by atoms with Crippen LogP contribution in [0.3, 0.4) is 0 Å². The predicted octanol–water partition coefficient (Wildman–Crippen LogP) is 1.10. The number of carbonyl (C=O) groups excluding carboxylic acids is 1. The molecule has 0 radical (unpaired) electrons. The van der Waals surface area contributed by atoms with Gasteiger partial charge >= 0.3 is 5.70 Å². The van der Waals surface area contributed by atoms with Crippen LogP contribution in [0.2, 0.25) is 0 Å². The number of anilines is 1. The van der Waals surface area contributed by atoms with Gasteiger partial charge in [-0.05, 0) is 18.2 Å². The quantitative estimate of drug-likeness (QED) is 0.487. The van der Waals surface area contributed by atoms with Crippen molar-refractivity contribution in [2.24, 2.45) is 11.1 Å². The Labute approximate surface area is 159 Å². The Balaban J connectivity index is 2.11. The second-order valence-electron chi connectivity index (χ2n) is 7.82. The van der Waals surface area contributed by atoms with Gasteiger partial charge in [-0.25, -0.2) is 4.39 Å². The molecule has 3 heterocycles. The lowest BCUT2D eigenvalue weighted by molar-refractivity contribution is -0.435. The highest BCUT2D eigenvalue weighted by molar-refractivity contribution is 6.11. The van der Waals surface area contributed by atoms with E-state index in [1.807, 2.05) is 19.9 Å². The number of fused-ring (bicyclic) bond motifs is 3. The summed E-state index contributed by atoms with van der Waals surface area (Å²) >= 11 is 0. The van der Waals surface area contributed by atoms with Crippen LogP contribution in [-0.2, 0) is 10.2 Å². The topological polar surface area (TPSA) is 137 Å². The summed E-state index contributed by atoms with van der Waals surface area (Å²) < 4.78 is 14.0. The van der Waals surface area contributed by atoms with Crippen LogP contribution in [0, 0.1) is 32.7 Å². The Hall–Kier alpha value is -3.61. The number of nitrogens with two attached hydrogens (primary N) is 1. The first kappa shape index (κ1) is 17.8. The molecule has 1 aromatic carbocycles. The van der Waals surface area contributed by atoms with Gasteiger partial charge in [0.2, 0.25) is 5.41 Å². The number of rotatable bonds is 1. The van der Waals surface area contributed by atoms with E-state index in [9.17, 15) is 24.6 Å². The maximum absolute atomic E-state index is 14.0. The number of nitrogens with one attached hydrogen (secondary N) is 2. The number of halogens is 1. The maximum Gasteiger partial charge on any atom is 0.311 e. The van der Waals surface area contributed by atoms with Crippen molar-refractivity contribution in [2.45, 2.75) is 19.3 Å². The van der Waals surface area contributed by atoms with Gasteiger partial charge in [-0.15, -0.1) is 0 Å². The molecule has 0 saturated carbocycles. The second kappa shape index (κ2) is 5.45. The van der Waals surface area contributed by atoms with Crippen LogP contribution in [0.1, 0.15) is 19.4 Å². The average molecular weight is 384 g/mol. The minimum absolute atomic E-state index is 0.00230. The third-order valence-electron chi connectivity index (χ3n) is 5.36. The van der Waals surface area contributed by atoms with Gasteiger partial charge in [0.25, 0.3) is 5.91 Å². The Bertz CT molecular complexity index is 1050. The molecule has 0 aromatic heterocycles. The minimum atomic E-state index is -2.12. The van der Waals surface area contributed by atoms with Crippen molar-refractivity contribution in [3.63, 3.8) is 0 Å². The molecule has 28 heavy (non-hydrogen) atoms. The van der Waals surface area contributed by atoms with Gasteiger partial charge in [0.1, 0.15) is 23.3 Å². The zero-order chi connectivity index (χ0) is 20.4. The second-order valence-corrected chi connectivity index (χ2v) is 7.82. The number of hydrogen-bond acceptors (Lipinski definition) is 7. The van der Waals surface area contributed by atoms with E-state index in [1.54, 1.807) is 0 Å². The van der Waals surface area contributed by atoms with E-state index in [4.69, 9.17) is 5.73 Å². The lowest BCUT2D eigenvalue weighted by Crippen LogP contribution is -2.58. The van der Waals surface area contributed by atoms with Gasteiger partial charge in [0.15, 0.2) is 5.82 Å². The van der Waals surface area contributed by atoms with Crippen molar-refractivity contribution in [3.05, 3.63) is 62.6 Å². The summed E-state index contributed by atoms with van der Waals surface area (Å²) in [5.41, 5.74) is 3.23. The molecule has 144 valence electrons. The first-order valence-corrected chi connectivity index (χ1v) is 8.56. The fourth-order valence-electron chi connectivity index (χ4n) is 4.14. The number of nitro groups is 1. The van der Waals surface area contributed by atoms with Crippen LogP contribution >= 0.6 is 0 Å². The van der Waals surface area contributed by atoms with Gasteiger partial charge in [0, 0.05) is 29.8 Å². The summed E-state index contributed by atoms with van der Waals surface area (Å²) in [5, 5.41) is 27.6. The van der Waals surface area contributed by atoms with Crippen LogP contribution in [0.5, 0.6) is 0 Å². The fraction of sp³-hybridized carbons (Fsp3) is 0.333. The monoisotopic (exact) mass is 384 g/mol. The SMILES string of the molecule is CC1(C)CNC2=C([N+](=O)[O-])C3(C(=O)Nc4ccc(F)cc43)C(C#N)=C(N)N2C1. The third-order valence-corrected chi connectivity index (χ3v) is 5.36. The van der Waals surface area contributed by atoms with Crippen molar-refractivity contribution in [3.8, 4) is 6.07 Å². The summed E-state index contributed by atoms with van der Waals surface area (Å²) in [6.45, 7) is 4.61. The van der Waals surface area contributed by atoms with E-state index in [1.165, 1.54) is 11.0 Å². The molecule has 1 spiro atoms. The number of nitriles is 1. The molecule has 1 saturated heterocycles. The van der Waals surface area contributed by atoms with E-state index in [0.29, 0.717) is 13.1 Å².